The van der Waals surface area contributed by atoms with Crippen molar-refractivity contribution in [3.8, 4) is 0 Å². The molecule has 1 aromatic heterocycles. The Morgan fingerprint density at radius 2 is 2.32 bits per heavy atom. The monoisotopic (exact) mass is 266 g/mol. The Bertz CT molecular complexity index is 587. The summed E-state index contributed by atoms with van der Waals surface area (Å²) in [6.07, 6.45) is 7.11. The van der Waals surface area contributed by atoms with E-state index in [-0.39, 0.29) is 18.8 Å². The highest BCUT2D eigenvalue weighted by molar-refractivity contribution is 5.10. The van der Waals surface area contributed by atoms with E-state index in [2.05, 4.69) is 4.98 Å². The van der Waals surface area contributed by atoms with E-state index in [0.29, 0.717) is 12.1 Å². The molecule has 0 spiro atoms. The van der Waals surface area contributed by atoms with Crippen LogP contribution >= 0.6 is 0 Å². The molecule has 6 nitrogen and oxygen atoms in total. The first-order chi connectivity index (χ1) is 9.06. The van der Waals surface area contributed by atoms with Gasteiger partial charge in [-0.1, -0.05) is 12.2 Å². The lowest BCUT2D eigenvalue weighted by atomic mass is 10.0. The lowest BCUT2D eigenvalue weighted by Gasteiger charge is -2.28. The van der Waals surface area contributed by atoms with Gasteiger partial charge in [-0.25, -0.2) is 4.79 Å². The van der Waals surface area contributed by atoms with Gasteiger partial charge in [0.2, 0.25) is 0 Å². The third kappa shape index (κ3) is 3.02. The second kappa shape index (κ2) is 5.54. The lowest BCUT2D eigenvalue weighted by Crippen LogP contribution is -2.40. The SMILES string of the molecule is Cc1cn(CC2(OCCO)C=CCC2)c(=O)[nH]c1=O. The first kappa shape index (κ1) is 13.8. The molecule has 2 rings (SSSR count). The Labute approximate surface area is 110 Å². The fraction of sp³-hybridized carbons (Fsp3) is 0.538. The van der Waals surface area contributed by atoms with E-state index in [0.717, 1.165) is 12.8 Å². The van der Waals surface area contributed by atoms with E-state index in [1.54, 1.807) is 6.92 Å². The first-order valence-corrected chi connectivity index (χ1v) is 6.29. The minimum absolute atomic E-state index is 0.0604. The van der Waals surface area contributed by atoms with Crippen LogP contribution in [0.3, 0.4) is 0 Å². The van der Waals surface area contributed by atoms with E-state index in [1.807, 2.05) is 12.2 Å². The maximum absolute atomic E-state index is 11.8. The number of aromatic amines is 1. The number of aliphatic hydroxyl groups is 1. The molecule has 0 saturated carbocycles. The lowest BCUT2D eigenvalue weighted by molar-refractivity contribution is -0.0358. The van der Waals surface area contributed by atoms with Crippen LogP contribution in [0.5, 0.6) is 0 Å². The number of nitrogens with zero attached hydrogens (tertiary/aromatic N) is 1. The van der Waals surface area contributed by atoms with Gasteiger partial charge in [0.25, 0.3) is 5.56 Å². The minimum atomic E-state index is -0.572. The number of aromatic nitrogens is 2. The third-order valence-electron chi connectivity index (χ3n) is 3.26. The van der Waals surface area contributed by atoms with E-state index in [9.17, 15) is 9.59 Å². The number of aryl methyl sites for hydroxylation is 1. The smallest absolute Gasteiger partial charge is 0.328 e. The van der Waals surface area contributed by atoms with Gasteiger partial charge in [0.05, 0.1) is 19.8 Å². The topological polar surface area (TPSA) is 84.3 Å². The van der Waals surface area contributed by atoms with Crippen molar-refractivity contribution in [1.82, 2.24) is 9.55 Å². The summed E-state index contributed by atoms with van der Waals surface area (Å²) in [6, 6.07) is 0. The second-order valence-electron chi connectivity index (χ2n) is 4.78. The number of H-pyrrole nitrogens is 1. The predicted molar refractivity (Wildman–Crippen MR) is 70.2 cm³/mol. The maximum atomic E-state index is 11.8. The number of rotatable bonds is 5. The van der Waals surface area contributed by atoms with E-state index in [1.165, 1.54) is 10.8 Å². The Morgan fingerprint density at radius 1 is 1.53 bits per heavy atom. The number of aliphatic hydroxyl groups excluding tert-OH is 1. The van der Waals surface area contributed by atoms with Gasteiger partial charge in [0.1, 0.15) is 5.60 Å². The van der Waals surface area contributed by atoms with E-state index >= 15 is 0 Å². The van der Waals surface area contributed by atoms with Crippen LogP contribution in [0, 0.1) is 6.92 Å². The van der Waals surface area contributed by atoms with Crippen molar-refractivity contribution in [3.63, 3.8) is 0 Å². The summed E-state index contributed by atoms with van der Waals surface area (Å²) in [5.41, 5.74) is -0.896. The summed E-state index contributed by atoms with van der Waals surface area (Å²) in [4.78, 5) is 25.4. The predicted octanol–water partition coefficient (Wildman–Crippen LogP) is -0.0573. The van der Waals surface area contributed by atoms with Crippen LogP contribution in [0.25, 0.3) is 0 Å². The number of ether oxygens (including phenoxy) is 1. The van der Waals surface area contributed by atoms with Crippen molar-refractivity contribution >= 4 is 0 Å². The molecule has 1 aliphatic carbocycles. The normalized spacial score (nSPS) is 22.0. The van der Waals surface area contributed by atoms with Crippen LogP contribution in [-0.2, 0) is 11.3 Å². The molecule has 1 aliphatic rings. The molecule has 0 bridgehead atoms. The Balaban J connectivity index is 2.27. The molecule has 0 aliphatic heterocycles. The van der Waals surface area contributed by atoms with Crippen molar-refractivity contribution < 1.29 is 9.84 Å². The molecule has 0 radical (unpaired) electrons. The maximum Gasteiger partial charge on any atom is 0.328 e. The van der Waals surface area contributed by atoms with E-state index < -0.39 is 11.3 Å². The van der Waals surface area contributed by atoms with Crippen LogP contribution < -0.4 is 11.2 Å². The second-order valence-corrected chi connectivity index (χ2v) is 4.78. The molecule has 19 heavy (non-hydrogen) atoms. The molecule has 104 valence electrons. The van der Waals surface area contributed by atoms with Gasteiger partial charge < -0.3 is 9.84 Å². The summed E-state index contributed by atoms with van der Waals surface area (Å²) < 4.78 is 7.13. The molecule has 0 fully saturated rings. The van der Waals surface area contributed by atoms with Gasteiger partial charge in [-0.15, -0.1) is 0 Å². The Kier molecular flexibility index (Phi) is 4.01. The summed E-state index contributed by atoms with van der Waals surface area (Å²) in [7, 11) is 0. The van der Waals surface area contributed by atoms with Crippen molar-refractivity contribution in [3.05, 3.63) is 44.8 Å². The number of hydrogen-bond acceptors (Lipinski definition) is 4. The van der Waals surface area contributed by atoms with Gasteiger partial charge in [-0.05, 0) is 19.8 Å². The summed E-state index contributed by atoms with van der Waals surface area (Å²) >= 11 is 0. The molecular formula is C13H18N2O4. The molecule has 1 atom stereocenters. The third-order valence-corrected chi connectivity index (χ3v) is 3.26. The first-order valence-electron chi connectivity index (χ1n) is 6.29. The van der Waals surface area contributed by atoms with Crippen LogP contribution in [0.4, 0.5) is 0 Å². The fourth-order valence-electron chi connectivity index (χ4n) is 2.28. The minimum Gasteiger partial charge on any atom is -0.394 e. The van der Waals surface area contributed by atoms with Gasteiger partial charge in [0.15, 0.2) is 0 Å². The zero-order valence-electron chi connectivity index (χ0n) is 10.9. The highest BCUT2D eigenvalue weighted by atomic mass is 16.5. The highest BCUT2D eigenvalue weighted by Gasteiger charge is 2.31. The van der Waals surface area contributed by atoms with E-state index in [4.69, 9.17) is 9.84 Å². The fourth-order valence-corrected chi connectivity index (χ4v) is 2.28. The number of nitrogens with one attached hydrogen (secondary N) is 1. The Hall–Kier alpha value is -1.66. The van der Waals surface area contributed by atoms with Crippen molar-refractivity contribution in [1.29, 1.82) is 0 Å². The molecule has 0 saturated heterocycles. The molecule has 0 amide bonds. The molecular weight excluding hydrogens is 248 g/mol. The van der Waals surface area contributed by atoms with Crippen LogP contribution in [0.2, 0.25) is 0 Å². The summed E-state index contributed by atoms with van der Waals surface area (Å²) in [5, 5.41) is 8.88. The zero-order valence-corrected chi connectivity index (χ0v) is 10.9. The summed E-state index contributed by atoms with van der Waals surface area (Å²) in [6.45, 7) is 2.15. The van der Waals surface area contributed by atoms with Gasteiger partial charge in [0, 0.05) is 11.8 Å². The highest BCUT2D eigenvalue weighted by Crippen LogP contribution is 2.28. The number of allylic oxidation sites excluding steroid dienone is 1. The standard InChI is InChI=1S/C13H18N2O4/c1-10-8-15(12(18)14-11(10)17)9-13(19-7-6-16)4-2-3-5-13/h2,4,8,16H,3,5-7,9H2,1H3,(H,14,17,18). The zero-order chi connectivity index (χ0) is 13.9. The molecule has 1 unspecified atom stereocenters. The average Bonchev–Trinajstić information content (AvgIpc) is 2.83. The van der Waals surface area contributed by atoms with Gasteiger partial charge in [-0.2, -0.15) is 0 Å². The van der Waals surface area contributed by atoms with Crippen molar-refractivity contribution in [2.45, 2.75) is 31.9 Å². The van der Waals surface area contributed by atoms with Crippen molar-refractivity contribution in [2.75, 3.05) is 13.2 Å². The van der Waals surface area contributed by atoms with Crippen molar-refractivity contribution in [2.24, 2.45) is 0 Å². The van der Waals surface area contributed by atoms with Gasteiger partial charge >= 0.3 is 5.69 Å². The Morgan fingerprint density at radius 3 is 2.95 bits per heavy atom. The molecule has 2 N–H and O–H groups in total. The van der Waals surface area contributed by atoms with Crippen LogP contribution in [-0.4, -0.2) is 33.5 Å². The number of hydrogen-bond donors (Lipinski definition) is 2. The summed E-state index contributed by atoms with van der Waals surface area (Å²) in [5.74, 6) is 0. The molecule has 1 aromatic rings. The average molecular weight is 266 g/mol. The molecule has 0 aromatic carbocycles. The van der Waals surface area contributed by atoms with Crippen LogP contribution in [0.1, 0.15) is 18.4 Å². The largest absolute Gasteiger partial charge is 0.394 e. The molecule has 6 heteroatoms. The van der Waals surface area contributed by atoms with Gasteiger partial charge in [-0.3, -0.25) is 14.3 Å². The quantitative estimate of drug-likeness (QED) is 0.731. The van der Waals surface area contributed by atoms with Crippen LogP contribution in [0.15, 0.2) is 27.9 Å². The molecule has 1 heterocycles.